The summed E-state index contributed by atoms with van der Waals surface area (Å²) in [4.78, 5) is 59.4. The van der Waals surface area contributed by atoms with E-state index in [1.54, 1.807) is 4.90 Å². The summed E-state index contributed by atoms with van der Waals surface area (Å²) >= 11 is 0. The molecule has 0 radical (unpaired) electrons. The molecule has 0 aromatic heterocycles. The summed E-state index contributed by atoms with van der Waals surface area (Å²) in [5.74, 6) is -0.426. The number of hydrogen-bond donors (Lipinski definition) is 0. The molecule has 53 heavy (non-hydrogen) atoms. The van der Waals surface area contributed by atoms with Crippen molar-refractivity contribution in [3.63, 3.8) is 0 Å². The minimum absolute atomic E-state index is 0.0429. The molecule has 1 saturated heterocycles. The highest BCUT2D eigenvalue weighted by atomic mass is 16.5. The topological polar surface area (TPSA) is 93.2 Å². The standard InChI is InChI=1S/C45H64N2O6/c1-40(2)31(38(50)52-29-36(49)47-24-22-46(8)23-25-47)14-16-43(5)35(40)15-17-45(7)37(43)34(48)26-32-33-27-42(4,19-18-41(33,3)20-21-44(32,45)6)39(51)53-28-30-12-10-9-11-13-30/h9-13,26,31,33,35,37H,14-25,27-29H2,1-8H3/t31-,33+,35+,37-,41-,42+,43+,44-,45-/m1/s1. The number of ketones is 1. The molecule has 0 unspecified atom stereocenters. The van der Waals surface area contributed by atoms with Crippen LogP contribution in [-0.4, -0.2) is 73.3 Å². The molecule has 1 amide bonds. The number of benzene rings is 1. The summed E-state index contributed by atoms with van der Waals surface area (Å²) in [5.41, 5.74) is 0.651. The number of rotatable bonds is 6. The minimum atomic E-state index is -0.603. The van der Waals surface area contributed by atoms with Gasteiger partial charge in [0.15, 0.2) is 12.4 Å². The van der Waals surface area contributed by atoms with E-state index in [2.05, 4.69) is 66.5 Å². The van der Waals surface area contributed by atoms with Gasteiger partial charge in [0.25, 0.3) is 5.91 Å². The second-order valence-electron chi connectivity index (χ2n) is 20.0. The summed E-state index contributed by atoms with van der Waals surface area (Å²) in [5, 5.41) is 0. The van der Waals surface area contributed by atoms with Crippen LogP contribution in [0.1, 0.15) is 112 Å². The van der Waals surface area contributed by atoms with Crippen molar-refractivity contribution in [3.8, 4) is 0 Å². The van der Waals surface area contributed by atoms with E-state index < -0.39 is 5.41 Å². The summed E-state index contributed by atoms with van der Waals surface area (Å²) in [6.07, 6.45) is 9.94. The van der Waals surface area contributed by atoms with Gasteiger partial charge in [-0.05, 0) is 122 Å². The van der Waals surface area contributed by atoms with Crippen molar-refractivity contribution in [2.45, 2.75) is 113 Å². The predicted molar refractivity (Wildman–Crippen MR) is 204 cm³/mol. The number of likely N-dealkylation sites (N-methyl/N-ethyl adjacent to an activating group) is 1. The lowest BCUT2D eigenvalue weighted by Crippen LogP contribution is -2.66. The monoisotopic (exact) mass is 728 g/mol. The third-order valence-corrected chi connectivity index (χ3v) is 16.8. The van der Waals surface area contributed by atoms with Crippen molar-refractivity contribution in [3.05, 3.63) is 47.5 Å². The second kappa shape index (κ2) is 13.3. The largest absolute Gasteiger partial charge is 0.460 e. The molecule has 0 N–H and O–H groups in total. The van der Waals surface area contributed by atoms with Crippen molar-refractivity contribution in [1.29, 1.82) is 0 Å². The predicted octanol–water partition coefficient (Wildman–Crippen LogP) is 7.64. The molecule has 9 atom stereocenters. The van der Waals surface area contributed by atoms with Crippen molar-refractivity contribution < 1.29 is 28.7 Å². The third-order valence-electron chi connectivity index (χ3n) is 16.8. The van der Waals surface area contributed by atoms with E-state index in [4.69, 9.17) is 9.47 Å². The Hall–Kier alpha value is -3.00. The van der Waals surface area contributed by atoms with Crippen LogP contribution in [0.25, 0.3) is 0 Å². The zero-order chi connectivity index (χ0) is 38.2. The van der Waals surface area contributed by atoms with Crippen molar-refractivity contribution in [2.24, 2.45) is 56.2 Å². The SMILES string of the molecule is CN1CCN(C(=O)COC(=O)[C@H]2CC[C@]3(C)[C@H]4C(=O)C=C5[C@@H]6C[C@@](C)(C(=O)OCc7ccccc7)CC[C@]6(C)CC[C@@]5(C)[C@]4(C)CC[C@H]3C2(C)C)CC1. The first-order chi connectivity index (χ1) is 24.9. The molecule has 290 valence electrons. The Morgan fingerprint density at radius 1 is 0.811 bits per heavy atom. The average molecular weight is 729 g/mol. The van der Waals surface area contributed by atoms with E-state index in [9.17, 15) is 19.2 Å². The Bertz CT molecular complexity index is 1660. The van der Waals surface area contributed by atoms with Crippen molar-refractivity contribution >= 4 is 23.6 Å². The van der Waals surface area contributed by atoms with Gasteiger partial charge in [-0.1, -0.05) is 77.4 Å². The third kappa shape index (κ3) is 6.12. The maximum Gasteiger partial charge on any atom is 0.312 e. The van der Waals surface area contributed by atoms with Gasteiger partial charge in [-0.15, -0.1) is 0 Å². The van der Waals surface area contributed by atoms with Gasteiger partial charge in [0.2, 0.25) is 0 Å². The van der Waals surface area contributed by atoms with Crippen LogP contribution in [0.2, 0.25) is 0 Å². The molecule has 1 aromatic rings. The molecule has 5 aliphatic carbocycles. The fourth-order valence-corrected chi connectivity index (χ4v) is 13.1. The number of hydrogen-bond acceptors (Lipinski definition) is 7. The highest BCUT2D eigenvalue weighted by Crippen LogP contribution is 2.75. The van der Waals surface area contributed by atoms with Crippen molar-refractivity contribution in [2.75, 3.05) is 39.8 Å². The highest BCUT2D eigenvalue weighted by molar-refractivity contribution is 5.96. The number of ether oxygens (including phenoxy) is 2. The Balaban J connectivity index is 1.10. The van der Waals surface area contributed by atoms with Crippen molar-refractivity contribution in [1.82, 2.24) is 9.80 Å². The summed E-state index contributed by atoms with van der Waals surface area (Å²) in [7, 11) is 2.05. The van der Waals surface area contributed by atoms with Gasteiger partial charge in [0.05, 0.1) is 11.3 Å². The molecule has 1 aromatic carbocycles. The first kappa shape index (κ1) is 38.3. The quantitative estimate of drug-likeness (QED) is 0.278. The maximum absolute atomic E-state index is 14.9. The number of amides is 1. The number of allylic oxidation sites excluding steroid dienone is 2. The molecule has 5 fully saturated rings. The Morgan fingerprint density at radius 2 is 1.49 bits per heavy atom. The molecule has 1 heterocycles. The van der Waals surface area contributed by atoms with Crippen LogP contribution in [0, 0.1) is 56.2 Å². The Labute approximate surface area is 317 Å². The van der Waals surface area contributed by atoms with Crippen LogP contribution in [0.3, 0.4) is 0 Å². The van der Waals surface area contributed by atoms with Gasteiger partial charge in [-0.25, -0.2) is 0 Å². The Kier molecular flexibility index (Phi) is 9.63. The molecule has 6 aliphatic rings. The zero-order valence-electron chi connectivity index (χ0n) is 33.7. The molecule has 4 saturated carbocycles. The summed E-state index contributed by atoms with van der Waals surface area (Å²) in [6.45, 7) is 19.1. The van der Waals surface area contributed by atoms with E-state index in [0.29, 0.717) is 25.9 Å². The van der Waals surface area contributed by atoms with Gasteiger partial charge in [0, 0.05) is 32.1 Å². The average Bonchev–Trinajstić information content (AvgIpc) is 3.11. The van der Waals surface area contributed by atoms with Crippen LogP contribution >= 0.6 is 0 Å². The number of carbonyl (C=O) groups excluding carboxylic acids is 4. The summed E-state index contributed by atoms with van der Waals surface area (Å²) < 4.78 is 11.8. The number of fused-ring (bicyclic) bond motifs is 7. The lowest BCUT2D eigenvalue weighted by atomic mass is 9.33. The molecule has 1 aliphatic heterocycles. The number of nitrogens with zero attached hydrogens (tertiary/aromatic N) is 2. The van der Waals surface area contributed by atoms with Gasteiger partial charge in [-0.3, -0.25) is 19.2 Å². The zero-order valence-corrected chi connectivity index (χ0v) is 33.7. The van der Waals surface area contributed by atoms with Crippen LogP contribution in [0.5, 0.6) is 0 Å². The van der Waals surface area contributed by atoms with E-state index in [-0.39, 0.29) is 87.6 Å². The van der Waals surface area contributed by atoms with Crippen LogP contribution in [0.15, 0.2) is 42.0 Å². The normalized spacial score (nSPS) is 40.8. The molecule has 8 nitrogen and oxygen atoms in total. The lowest BCUT2D eigenvalue weighted by molar-refractivity contribution is -0.200. The van der Waals surface area contributed by atoms with Crippen LogP contribution in [0.4, 0.5) is 0 Å². The fraction of sp³-hybridized carbons (Fsp3) is 0.733. The van der Waals surface area contributed by atoms with E-state index in [1.165, 1.54) is 5.57 Å². The molecule has 8 heteroatoms. The summed E-state index contributed by atoms with van der Waals surface area (Å²) in [6, 6.07) is 9.88. The number of piperazine rings is 1. The first-order valence-electron chi connectivity index (χ1n) is 20.5. The van der Waals surface area contributed by atoms with E-state index >= 15 is 0 Å². The molecular formula is C45H64N2O6. The van der Waals surface area contributed by atoms with Crippen LogP contribution in [-0.2, 0) is 35.3 Å². The maximum atomic E-state index is 14.9. The van der Waals surface area contributed by atoms with E-state index in [0.717, 1.165) is 63.6 Å². The number of esters is 2. The molecular weight excluding hydrogens is 665 g/mol. The van der Waals surface area contributed by atoms with Gasteiger partial charge in [-0.2, -0.15) is 0 Å². The van der Waals surface area contributed by atoms with Gasteiger partial charge >= 0.3 is 11.9 Å². The smallest absolute Gasteiger partial charge is 0.312 e. The lowest BCUT2D eigenvalue weighted by Gasteiger charge is -2.70. The van der Waals surface area contributed by atoms with Crippen LogP contribution < -0.4 is 0 Å². The highest BCUT2D eigenvalue weighted by Gasteiger charge is 2.70. The molecule has 7 rings (SSSR count). The second-order valence-corrected chi connectivity index (χ2v) is 20.0. The minimum Gasteiger partial charge on any atom is -0.460 e. The number of carbonyl (C=O) groups is 4. The van der Waals surface area contributed by atoms with E-state index in [1.807, 2.05) is 30.3 Å². The van der Waals surface area contributed by atoms with Gasteiger partial charge < -0.3 is 19.3 Å². The van der Waals surface area contributed by atoms with Gasteiger partial charge in [0.1, 0.15) is 6.61 Å². The first-order valence-corrected chi connectivity index (χ1v) is 20.5. The fourth-order valence-electron chi connectivity index (χ4n) is 13.1. The Morgan fingerprint density at radius 3 is 2.19 bits per heavy atom. The molecule has 0 bridgehead atoms. The molecule has 0 spiro atoms.